The molecule has 7 heteroatoms. The molecule has 2 N–H and O–H groups in total. The summed E-state index contributed by atoms with van der Waals surface area (Å²) in [5.41, 5.74) is 1.59. The third kappa shape index (κ3) is 3.65. The number of hydrogen-bond acceptors (Lipinski definition) is 4. The highest BCUT2D eigenvalue weighted by atomic mass is 16.5. The summed E-state index contributed by atoms with van der Waals surface area (Å²) < 4.78 is 4.68. The van der Waals surface area contributed by atoms with Crippen LogP contribution >= 0.6 is 0 Å². The quantitative estimate of drug-likeness (QED) is 0.652. The van der Waals surface area contributed by atoms with Gasteiger partial charge in [0.1, 0.15) is 0 Å². The smallest absolute Gasteiger partial charge is 0.396 e. The Morgan fingerprint density at radius 2 is 1.96 bits per heavy atom. The van der Waals surface area contributed by atoms with E-state index in [1.807, 2.05) is 24.3 Å². The summed E-state index contributed by atoms with van der Waals surface area (Å²) in [5.74, 6) is -1.60. The number of nitrogens with zero attached hydrogens (tertiary/aromatic N) is 1. The number of esters is 1. The summed E-state index contributed by atoms with van der Waals surface area (Å²) in [7, 11) is 0. The lowest BCUT2D eigenvalue weighted by Crippen LogP contribution is -2.48. The van der Waals surface area contributed by atoms with Gasteiger partial charge in [0.05, 0.1) is 12.2 Å². The number of para-hydroxylation sites is 1. The first kappa shape index (κ1) is 17.0. The molecule has 0 radical (unpaired) electrons. The van der Waals surface area contributed by atoms with E-state index < -0.39 is 11.9 Å². The second kappa shape index (κ2) is 7.38. The van der Waals surface area contributed by atoms with Crippen LogP contribution in [0, 0.1) is 0 Å². The first-order valence-corrected chi connectivity index (χ1v) is 8.43. The molecule has 0 bridgehead atoms. The second-order valence-electron chi connectivity index (χ2n) is 6.01. The molecule has 0 atom stereocenters. The highest BCUT2D eigenvalue weighted by Crippen LogP contribution is 2.21. The van der Waals surface area contributed by atoms with Gasteiger partial charge in [-0.3, -0.25) is 9.59 Å². The minimum absolute atomic E-state index is 0.0207. The number of aromatic nitrogens is 1. The monoisotopic (exact) mass is 343 g/mol. The topological polar surface area (TPSA) is 91.5 Å². The molecule has 0 saturated carbocycles. The predicted molar refractivity (Wildman–Crippen MR) is 92.0 cm³/mol. The van der Waals surface area contributed by atoms with Crippen molar-refractivity contribution < 1.29 is 19.1 Å². The molecular weight excluding hydrogens is 322 g/mol. The molecule has 2 heterocycles. The zero-order valence-electron chi connectivity index (χ0n) is 14.1. The predicted octanol–water partition coefficient (Wildman–Crippen LogP) is 1.45. The molecule has 2 aromatic rings. The first-order valence-electron chi connectivity index (χ1n) is 8.43. The van der Waals surface area contributed by atoms with E-state index in [1.54, 1.807) is 18.0 Å². The maximum atomic E-state index is 12.7. The Labute approximate surface area is 145 Å². The van der Waals surface area contributed by atoms with Gasteiger partial charge in [-0.05, 0) is 25.8 Å². The van der Waals surface area contributed by atoms with Gasteiger partial charge >= 0.3 is 11.9 Å². The Bertz CT molecular complexity index is 790. The van der Waals surface area contributed by atoms with Crippen molar-refractivity contribution in [2.45, 2.75) is 25.8 Å². The number of carbonyl (C=O) groups excluding carboxylic acids is 3. The molecular formula is C18H21N3O4. The molecule has 132 valence electrons. The Morgan fingerprint density at radius 1 is 1.24 bits per heavy atom. The number of carbonyl (C=O) groups is 3. The standard InChI is InChI=1S/C18H21N3O4/c1-2-25-18(24)16(22)20-12-7-9-21(10-8-12)17(23)14-11-19-15-6-4-3-5-13(14)15/h3-6,11-12,19H,2,7-10H2,1H3,(H,20,22). The molecule has 1 aliphatic rings. The molecule has 1 aromatic heterocycles. The van der Waals surface area contributed by atoms with E-state index in [0.717, 1.165) is 10.9 Å². The SMILES string of the molecule is CCOC(=O)C(=O)NC1CCN(C(=O)c2c[nH]c3ccccc23)CC1. The van der Waals surface area contributed by atoms with Crippen LogP contribution in [0.1, 0.15) is 30.1 Å². The molecule has 3 rings (SSSR count). The van der Waals surface area contributed by atoms with Crippen molar-refractivity contribution in [3.05, 3.63) is 36.0 Å². The summed E-state index contributed by atoms with van der Waals surface area (Å²) in [6.45, 7) is 2.89. The van der Waals surface area contributed by atoms with E-state index in [-0.39, 0.29) is 18.6 Å². The van der Waals surface area contributed by atoms with Crippen molar-refractivity contribution in [1.82, 2.24) is 15.2 Å². The molecule has 1 fully saturated rings. The second-order valence-corrected chi connectivity index (χ2v) is 6.01. The van der Waals surface area contributed by atoms with Crippen molar-refractivity contribution in [3.8, 4) is 0 Å². The largest absolute Gasteiger partial charge is 0.459 e. The molecule has 2 amide bonds. The van der Waals surface area contributed by atoms with Crippen LogP contribution in [0.4, 0.5) is 0 Å². The van der Waals surface area contributed by atoms with Crippen molar-refractivity contribution >= 4 is 28.7 Å². The molecule has 1 saturated heterocycles. The van der Waals surface area contributed by atoms with Gasteiger partial charge in [-0.1, -0.05) is 18.2 Å². The fraction of sp³-hybridized carbons (Fsp3) is 0.389. The molecule has 0 spiro atoms. The minimum atomic E-state index is -0.861. The van der Waals surface area contributed by atoms with Crippen LogP contribution in [0.2, 0.25) is 0 Å². The Balaban J connectivity index is 1.58. The van der Waals surface area contributed by atoms with E-state index in [2.05, 4.69) is 15.0 Å². The number of ether oxygens (including phenoxy) is 1. The normalized spacial score (nSPS) is 15.2. The number of benzene rings is 1. The maximum Gasteiger partial charge on any atom is 0.396 e. The average molecular weight is 343 g/mol. The van der Waals surface area contributed by atoms with Gasteiger partial charge in [-0.15, -0.1) is 0 Å². The van der Waals surface area contributed by atoms with Gasteiger partial charge in [0.15, 0.2) is 0 Å². The summed E-state index contributed by atoms with van der Waals surface area (Å²) in [5, 5.41) is 3.58. The zero-order valence-corrected chi connectivity index (χ0v) is 14.1. The van der Waals surface area contributed by atoms with Gasteiger partial charge < -0.3 is 19.9 Å². The van der Waals surface area contributed by atoms with Crippen LogP contribution in [-0.4, -0.2) is 53.4 Å². The van der Waals surface area contributed by atoms with Gasteiger partial charge in [-0.25, -0.2) is 4.79 Å². The maximum absolute atomic E-state index is 12.7. The summed E-state index contributed by atoms with van der Waals surface area (Å²) in [4.78, 5) is 40.7. The van der Waals surface area contributed by atoms with Crippen LogP contribution in [0.25, 0.3) is 10.9 Å². The van der Waals surface area contributed by atoms with E-state index in [0.29, 0.717) is 31.5 Å². The number of fused-ring (bicyclic) bond motifs is 1. The highest BCUT2D eigenvalue weighted by Gasteiger charge is 2.27. The Morgan fingerprint density at radius 3 is 2.68 bits per heavy atom. The summed E-state index contributed by atoms with van der Waals surface area (Å²) >= 11 is 0. The van der Waals surface area contributed by atoms with Crippen molar-refractivity contribution in [1.29, 1.82) is 0 Å². The van der Waals surface area contributed by atoms with E-state index >= 15 is 0 Å². The van der Waals surface area contributed by atoms with Crippen molar-refractivity contribution in [3.63, 3.8) is 0 Å². The van der Waals surface area contributed by atoms with Crippen LogP contribution in [-0.2, 0) is 14.3 Å². The fourth-order valence-corrected chi connectivity index (χ4v) is 3.09. The van der Waals surface area contributed by atoms with Crippen LogP contribution in [0.15, 0.2) is 30.5 Å². The average Bonchev–Trinajstić information content (AvgIpc) is 3.06. The number of likely N-dealkylation sites (tertiary alicyclic amines) is 1. The van der Waals surface area contributed by atoms with E-state index in [4.69, 9.17) is 0 Å². The van der Waals surface area contributed by atoms with Gasteiger partial charge in [0.2, 0.25) is 0 Å². The summed E-state index contributed by atoms with van der Waals surface area (Å²) in [6.07, 6.45) is 2.96. The third-order valence-corrected chi connectivity index (χ3v) is 4.40. The fourth-order valence-electron chi connectivity index (χ4n) is 3.09. The number of H-pyrrole nitrogens is 1. The molecule has 25 heavy (non-hydrogen) atoms. The number of rotatable bonds is 3. The van der Waals surface area contributed by atoms with Gasteiger partial charge in [0.25, 0.3) is 5.91 Å². The summed E-state index contributed by atoms with van der Waals surface area (Å²) in [6, 6.07) is 7.56. The molecule has 7 nitrogen and oxygen atoms in total. The van der Waals surface area contributed by atoms with E-state index in [1.165, 1.54) is 0 Å². The first-order chi connectivity index (χ1) is 12.1. The zero-order chi connectivity index (χ0) is 17.8. The number of aromatic amines is 1. The van der Waals surface area contributed by atoms with E-state index in [9.17, 15) is 14.4 Å². The third-order valence-electron chi connectivity index (χ3n) is 4.40. The van der Waals surface area contributed by atoms with Crippen LogP contribution in [0.5, 0.6) is 0 Å². The minimum Gasteiger partial charge on any atom is -0.459 e. The molecule has 0 unspecified atom stereocenters. The lowest BCUT2D eigenvalue weighted by atomic mass is 10.0. The Kier molecular flexibility index (Phi) is 5.02. The molecule has 0 aliphatic carbocycles. The van der Waals surface area contributed by atoms with Gasteiger partial charge in [0, 0.05) is 36.2 Å². The molecule has 1 aliphatic heterocycles. The number of piperidine rings is 1. The number of hydrogen-bond donors (Lipinski definition) is 2. The lowest BCUT2D eigenvalue weighted by Gasteiger charge is -2.32. The highest BCUT2D eigenvalue weighted by molar-refractivity contribution is 6.32. The van der Waals surface area contributed by atoms with Crippen LogP contribution in [0.3, 0.4) is 0 Å². The van der Waals surface area contributed by atoms with Crippen molar-refractivity contribution in [2.75, 3.05) is 19.7 Å². The molecule has 1 aromatic carbocycles. The number of nitrogens with one attached hydrogen (secondary N) is 2. The number of amides is 2. The van der Waals surface area contributed by atoms with Gasteiger partial charge in [-0.2, -0.15) is 0 Å². The van der Waals surface area contributed by atoms with Crippen LogP contribution < -0.4 is 5.32 Å². The Hall–Kier alpha value is -2.83. The van der Waals surface area contributed by atoms with Crippen molar-refractivity contribution in [2.24, 2.45) is 0 Å². The lowest BCUT2D eigenvalue weighted by molar-refractivity contribution is -0.155.